The molecule has 0 radical (unpaired) electrons. The summed E-state index contributed by atoms with van der Waals surface area (Å²) in [5.74, 6) is 0.891. The second-order valence-corrected chi connectivity index (χ2v) is 3.61. The first-order valence-electron chi connectivity index (χ1n) is 5.10. The van der Waals surface area contributed by atoms with Crippen LogP contribution in [0.25, 0.3) is 0 Å². The van der Waals surface area contributed by atoms with E-state index in [1.54, 1.807) is 6.20 Å². The molecule has 0 amide bonds. The minimum absolute atomic E-state index is 0.573. The lowest BCUT2D eigenvalue weighted by Gasteiger charge is -2.07. The van der Waals surface area contributed by atoms with Crippen LogP contribution in [0.4, 0.5) is 0 Å². The van der Waals surface area contributed by atoms with Gasteiger partial charge in [-0.1, -0.05) is 13.8 Å². The zero-order valence-electron chi connectivity index (χ0n) is 8.92. The van der Waals surface area contributed by atoms with Gasteiger partial charge in [0.1, 0.15) is 5.76 Å². The van der Waals surface area contributed by atoms with E-state index in [4.69, 9.17) is 4.42 Å². The Morgan fingerprint density at radius 1 is 1.43 bits per heavy atom. The fourth-order valence-electron chi connectivity index (χ4n) is 1.15. The Morgan fingerprint density at radius 2 is 2.29 bits per heavy atom. The van der Waals surface area contributed by atoms with Gasteiger partial charge >= 0.3 is 0 Å². The summed E-state index contributed by atoms with van der Waals surface area (Å²) in [6, 6.07) is 0.573. The molecule has 0 aliphatic carbocycles. The Morgan fingerprint density at radius 3 is 2.93 bits per heavy atom. The zero-order valence-corrected chi connectivity index (χ0v) is 8.92. The first kappa shape index (κ1) is 11.2. The number of oxazole rings is 1. The maximum Gasteiger partial charge on any atom is 0.180 e. The van der Waals surface area contributed by atoms with Crippen LogP contribution in [-0.2, 0) is 6.54 Å². The third kappa shape index (κ3) is 4.99. The molecule has 0 aliphatic heterocycles. The largest absolute Gasteiger partial charge is 0.447 e. The van der Waals surface area contributed by atoms with Crippen LogP contribution in [0.5, 0.6) is 0 Å². The molecule has 1 heterocycles. The number of aromatic nitrogens is 1. The van der Waals surface area contributed by atoms with Crippen molar-refractivity contribution in [3.8, 4) is 0 Å². The number of nitrogens with zero attached hydrogens (tertiary/aromatic N) is 1. The first-order chi connectivity index (χ1) is 6.79. The first-order valence-corrected chi connectivity index (χ1v) is 5.10. The number of hydrogen-bond donors (Lipinski definition) is 2. The number of hydrogen-bond acceptors (Lipinski definition) is 4. The molecule has 0 saturated carbocycles. The maximum absolute atomic E-state index is 5.09. The van der Waals surface area contributed by atoms with Crippen molar-refractivity contribution >= 4 is 0 Å². The van der Waals surface area contributed by atoms with Gasteiger partial charge in [-0.05, 0) is 19.5 Å². The highest BCUT2D eigenvalue weighted by Gasteiger charge is 1.95. The van der Waals surface area contributed by atoms with Gasteiger partial charge in [0.15, 0.2) is 6.39 Å². The van der Waals surface area contributed by atoms with Crippen LogP contribution >= 0.6 is 0 Å². The summed E-state index contributed by atoms with van der Waals surface area (Å²) in [5, 5.41) is 6.65. The SMILES string of the molecule is CC(C)NCCCNCc1cnco1. The third-order valence-electron chi connectivity index (χ3n) is 1.87. The zero-order chi connectivity index (χ0) is 10.2. The van der Waals surface area contributed by atoms with E-state index >= 15 is 0 Å². The van der Waals surface area contributed by atoms with Crippen molar-refractivity contribution in [2.45, 2.75) is 32.9 Å². The van der Waals surface area contributed by atoms with E-state index < -0.39 is 0 Å². The molecule has 0 fully saturated rings. The molecule has 0 saturated heterocycles. The minimum Gasteiger partial charge on any atom is -0.447 e. The van der Waals surface area contributed by atoms with E-state index in [2.05, 4.69) is 29.5 Å². The smallest absolute Gasteiger partial charge is 0.180 e. The van der Waals surface area contributed by atoms with Crippen molar-refractivity contribution in [1.82, 2.24) is 15.6 Å². The Balaban J connectivity index is 1.90. The highest BCUT2D eigenvalue weighted by Crippen LogP contribution is 1.94. The fourth-order valence-corrected chi connectivity index (χ4v) is 1.15. The average Bonchev–Trinajstić information content (AvgIpc) is 2.63. The second-order valence-electron chi connectivity index (χ2n) is 3.61. The molecule has 1 aromatic heterocycles. The van der Waals surface area contributed by atoms with E-state index in [1.807, 2.05) is 0 Å². The molecule has 0 unspecified atom stereocenters. The van der Waals surface area contributed by atoms with E-state index in [0.717, 1.165) is 31.8 Å². The summed E-state index contributed by atoms with van der Waals surface area (Å²) in [6.45, 7) is 7.13. The molecule has 1 rings (SSSR count). The summed E-state index contributed by atoms with van der Waals surface area (Å²) in [4.78, 5) is 3.84. The Hall–Kier alpha value is -0.870. The molecule has 2 N–H and O–H groups in total. The van der Waals surface area contributed by atoms with E-state index in [-0.39, 0.29) is 0 Å². The van der Waals surface area contributed by atoms with Gasteiger partial charge in [-0.25, -0.2) is 4.98 Å². The Kier molecular flexibility index (Phi) is 5.25. The summed E-state index contributed by atoms with van der Waals surface area (Å²) < 4.78 is 5.09. The van der Waals surface area contributed by atoms with Crippen LogP contribution < -0.4 is 10.6 Å². The summed E-state index contributed by atoms with van der Waals surface area (Å²) in [7, 11) is 0. The normalized spacial score (nSPS) is 11.1. The lowest BCUT2D eigenvalue weighted by atomic mass is 10.3. The van der Waals surface area contributed by atoms with Crippen molar-refractivity contribution in [2.75, 3.05) is 13.1 Å². The third-order valence-corrected chi connectivity index (χ3v) is 1.87. The Bertz CT molecular complexity index is 221. The van der Waals surface area contributed by atoms with Crippen LogP contribution in [0.2, 0.25) is 0 Å². The second kappa shape index (κ2) is 6.56. The number of rotatable bonds is 7. The van der Waals surface area contributed by atoms with Crippen molar-refractivity contribution in [1.29, 1.82) is 0 Å². The van der Waals surface area contributed by atoms with Crippen LogP contribution in [0.1, 0.15) is 26.0 Å². The molecule has 4 heteroatoms. The van der Waals surface area contributed by atoms with Gasteiger partial charge in [0.2, 0.25) is 0 Å². The predicted octanol–water partition coefficient (Wildman–Crippen LogP) is 1.15. The standard InChI is InChI=1S/C10H19N3O/c1-9(2)13-5-3-4-11-6-10-7-12-8-14-10/h7-9,11,13H,3-6H2,1-2H3. The molecule has 0 aromatic carbocycles. The van der Waals surface area contributed by atoms with Crippen molar-refractivity contribution in [2.24, 2.45) is 0 Å². The van der Waals surface area contributed by atoms with Crippen molar-refractivity contribution in [3.63, 3.8) is 0 Å². The van der Waals surface area contributed by atoms with Gasteiger partial charge in [0, 0.05) is 6.04 Å². The summed E-state index contributed by atoms with van der Waals surface area (Å²) >= 11 is 0. The van der Waals surface area contributed by atoms with Crippen molar-refractivity contribution < 1.29 is 4.42 Å². The van der Waals surface area contributed by atoms with Crippen LogP contribution in [0.15, 0.2) is 17.0 Å². The topological polar surface area (TPSA) is 50.1 Å². The van der Waals surface area contributed by atoms with Crippen molar-refractivity contribution in [3.05, 3.63) is 18.4 Å². The molecule has 4 nitrogen and oxygen atoms in total. The molecule has 1 aromatic rings. The van der Waals surface area contributed by atoms with E-state index in [1.165, 1.54) is 6.39 Å². The van der Waals surface area contributed by atoms with Gasteiger partial charge in [-0.15, -0.1) is 0 Å². The molecular weight excluding hydrogens is 178 g/mol. The maximum atomic E-state index is 5.09. The van der Waals surface area contributed by atoms with Gasteiger partial charge in [-0.2, -0.15) is 0 Å². The molecule has 0 spiro atoms. The molecule has 0 aliphatic rings. The van der Waals surface area contributed by atoms with E-state index in [9.17, 15) is 0 Å². The summed E-state index contributed by atoms with van der Waals surface area (Å²) in [5.41, 5.74) is 0. The van der Waals surface area contributed by atoms with Crippen LogP contribution in [0.3, 0.4) is 0 Å². The van der Waals surface area contributed by atoms with Crippen LogP contribution in [0, 0.1) is 0 Å². The Labute approximate surface area is 85.1 Å². The quantitative estimate of drug-likeness (QED) is 0.644. The van der Waals surface area contributed by atoms with Gasteiger partial charge in [0.25, 0.3) is 0 Å². The summed E-state index contributed by atoms with van der Waals surface area (Å²) in [6.07, 6.45) is 4.32. The average molecular weight is 197 g/mol. The lowest BCUT2D eigenvalue weighted by Crippen LogP contribution is -2.26. The predicted molar refractivity (Wildman–Crippen MR) is 56.0 cm³/mol. The van der Waals surface area contributed by atoms with Crippen LogP contribution in [-0.4, -0.2) is 24.1 Å². The molecule has 80 valence electrons. The minimum atomic E-state index is 0.573. The van der Waals surface area contributed by atoms with Gasteiger partial charge in [-0.3, -0.25) is 0 Å². The highest BCUT2D eigenvalue weighted by atomic mass is 16.3. The molecule has 14 heavy (non-hydrogen) atoms. The monoisotopic (exact) mass is 197 g/mol. The highest BCUT2D eigenvalue weighted by molar-refractivity contribution is 4.86. The fraction of sp³-hybridized carbons (Fsp3) is 0.700. The van der Waals surface area contributed by atoms with Gasteiger partial charge < -0.3 is 15.1 Å². The lowest BCUT2D eigenvalue weighted by molar-refractivity contribution is 0.472. The van der Waals surface area contributed by atoms with E-state index in [0.29, 0.717) is 6.04 Å². The van der Waals surface area contributed by atoms with Gasteiger partial charge in [0.05, 0.1) is 12.7 Å². The molecule has 0 bridgehead atoms. The molecular formula is C10H19N3O. The number of nitrogens with one attached hydrogen (secondary N) is 2. The molecule has 0 atom stereocenters.